The molecule has 8 heteroatoms. The molecule has 4 nitrogen and oxygen atoms in total. The summed E-state index contributed by atoms with van der Waals surface area (Å²) in [6.45, 7) is -0.0287. The van der Waals surface area contributed by atoms with Crippen LogP contribution in [0.1, 0.15) is 11.7 Å². The highest BCUT2D eigenvalue weighted by Gasteiger charge is 2.15. The first-order valence-corrected chi connectivity index (χ1v) is 10.5. The summed E-state index contributed by atoms with van der Waals surface area (Å²) in [6, 6.07) is 17.7. The fourth-order valence-electron chi connectivity index (χ4n) is 2.40. The molecule has 0 fully saturated rings. The number of hydrogen-bond acceptors (Lipinski definition) is 3. The van der Waals surface area contributed by atoms with Crippen LogP contribution < -0.4 is 9.46 Å². The molecule has 0 amide bonds. The van der Waals surface area contributed by atoms with Crippen LogP contribution in [-0.2, 0) is 11.0 Å². The number of rotatable bonds is 7. The summed E-state index contributed by atoms with van der Waals surface area (Å²) in [6.07, 6.45) is -0.874. The number of aliphatic hydroxyl groups excluding tert-OH is 1. The van der Waals surface area contributed by atoms with Crippen LogP contribution in [0.25, 0.3) is 0 Å². The molecule has 0 saturated heterocycles. The van der Waals surface area contributed by atoms with Crippen molar-refractivity contribution in [2.75, 3.05) is 11.3 Å². The molecule has 0 bridgehead atoms. The number of aliphatic hydroxyl groups is 1. The lowest BCUT2D eigenvalue weighted by atomic mass is 10.1. The minimum atomic E-state index is -1.81. The second-order valence-corrected chi connectivity index (χ2v) is 8.35. The molecule has 28 heavy (non-hydrogen) atoms. The highest BCUT2D eigenvalue weighted by atomic mass is 79.9. The van der Waals surface area contributed by atoms with Crippen molar-refractivity contribution in [3.05, 3.63) is 87.6 Å². The van der Waals surface area contributed by atoms with E-state index in [4.69, 9.17) is 16.3 Å². The van der Waals surface area contributed by atoms with Crippen LogP contribution in [0.2, 0.25) is 5.02 Å². The van der Waals surface area contributed by atoms with Gasteiger partial charge >= 0.3 is 0 Å². The molecular weight excluding hydrogens is 469 g/mol. The van der Waals surface area contributed by atoms with Gasteiger partial charge in [0.05, 0.1) is 10.6 Å². The molecule has 2 unspecified atom stereocenters. The standard InChI is InChI=1S/C20H16BrClFNO3S/c21-14-7-10-17(24-28(26)20-4-2-1-3-16(20)23)19(11-14)27-12-18(25)13-5-8-15(22)9-6-13/h1-11,18,24-25H,12H2. The average molecular weight is 485 g/mol. The minimum absolute atomic E-state index is 0.0287. The van der Waals surface area contributed by atoms with E-state index in [0.717, 1.165) is 4.47 Å². The number of halogens is 3. The van der Waals surface area contributed by atoms with Gasteiger partial charge in [-0.15, -0.1) is 0 Å². The Morgan fingerprint density at radius 1 is 1.14 bits per heavy atom. The SMILES string of the molecule is O=S(Nc1ccc(Br)cc1OCC(O)c1ccc(Cl)cc1)c1ccccc1F. The molecule has 0 aliphatic heterocycles. The average Bonchev–Trinajstić information content (AvgIpc) is 2.68. The van der Waals surface area contributed by atoms with Gasteiger partial charge in [0, 0.05) is 9.50 Å². The van der Waals surface area contributed by atoms with Gasteiger partial charge in [-0.25, -0.2) is 8.60 Å². The monoisotopic (exact) mass is 483 g/mol. The first kappa shape index (κ1) is 20.8. The molecular formula is C20H16BrClFNO3S. The van der Waals surface area contributed by atoms with E-state index in [1.54, 1.807) is 48.5 Å². The summed E-state index contributed by atoms with van der Waals surface area (Å²) in [4.78, 5) is 0.0394. The quantitative estimate of drug-likeness (QED) is 0.466. The maximum absolute atomic E-state index is 13.9. The summed E-state index contributed by atoms with van der Waals surface area (Å²) in [5.74, 6) is -0.196. The molecule has 3 aromatic rings. The molecule has 2 atom stereocenters. The topological polar surface area (TPSA) is 58.6 Å². The first-order chi connectivity index (χ1) is 13.4. The van der Waals surface area contributed by atoms with E-state index in [1.165, 1.54) is 18.2 Å². The van der Waals surface area contributed by atoms with Gasteiger partial charge < -0.3 is 9.84 Å². The third-order valence-electron chi connectivity index (χ3n) is 3.83. The zero-order chi connectivity index (χ0) is 20.1. The highest BCUT2D eigenvalue weighted by Crippen LogP contribution is 2.31. The van der Waals surface area contributed by atoms with Crippen molar-refractivity contribution in [1.82, 2.24) is 0 Å². The fraction of sp³-hybridized carbons (Fsp3) is 0.100. The first-order valence-electron chi connectivity index (χ1n) is 8.23. The van der Waals surface area contributed by atoms with Gasteiger partial charge in [-0.2, -0.15) is 0 Å². The smallest absolute Gasteiger partial charge is 0.153 e. The summed E-state index contributed by atoms with van der Waals surface area (Å²) in [7, 11) is -1.81. The van der Waals surface area contributed by atoms with Crippen molar-refractivity contribution < 1.29 is 18.4 Å². The fourth-order valence-corrected chi connectivity index (χ4v) is 3.79. The van der Waals surface area contributed by atoms with E-state index in [-0.39, 0.29) is 11.5 Å². The Morgan fingerprint density at radius 3 is 2.57 bits per heavy atom. The van der Waals surface area contributed by atoms with Crippen LogP contribution in [0.5, 0.6) is 5.75 Å². The van der Waals surface area contributed by atoms with E-state index < -0.39 is 22.9 Å². The molecule has 0 aliphatic rings. The number of ether oxygens (including phenoxy) is 1. The Bertz CT molecular complexity index is 987. The van der Waals surface area contributed by atoms with Gasteiger partial charge in [-0.05, 0) is 48.0 Å². The van der Waals surface area contributed by atoms with E-state index in [9.17, 15) is 13.7 Å². The predicted molar refractivity (Wildman–Crippen MR) is 112 cm³/mol. The normalized spacial score (nSPS) is 13.0. The third-order valence-corrected chi connectivity index (χ3v) is 5.72. The molecule has 3 aromatic carbocycles. The van der Waals surface area contributed by atoms with Crippen LogP contribution in [0.3, 0.4) is 0 Å². The summed E-state index contributed by atoms with van der Waals surface area (Å²) < 4.78 is 35.6. The van der Waals surface area contributed by atoms with Gasteiger partial charge in [0.1, 0.15) is 24.3 Å². The lowest BCUT2D eigenvalue weighted by Crippen LogP contribution is -2.12. The Morgan fingerprint density at radius 2 is 1.86 bits per heavy atom. The number of anilines is 1. The van der Waals surface area contributed by atoms with Gasteiger partial charge in [0.25, 0.3) is 0 Å². The zero-order valence-corrected chi connectivity index (χ0v) is 17.6. The Kier molecular flexibility index (Phi) is 7.07. The molecule has 0 aliphatic carbocycles. The lowest BCUT2D eigenvalue weighted by molar-refractivity contribution is 0.108. The molecule has 0 spiro atoms. The summed E-state index contributed by atoms with van der Waals surface area (Å²) in [5, 5.41) is 10.9. The molecule has 0 radical (unpaired) electrons. The van der Waals surface area contributed by atoms with E-state index in [0.29, 0.717) is 22.0 Å². The van der Waals surface area contributed by atoms with Crippen molar-refractivity contribution in [1.29, 1.82) is 0 Å². The zero-order valence-electron chi connectivity index (χ0n) is 14.4. The molecule has 0 saturated carbocycles. The largest absolute Gasteiger partial charge is 0.488 e. The summed E-state index contributed by atoms with van der Waals surface area (Å²) in [5.41, 5.74) is 1.07. The predicted octanol–water partition coefficient (Wildman–Crippen LogP) is 5.49. The van der Waals surface area contributed by atoms with Gasteiger partial charge in [0.15, 0.2) is 11.0 Å². The number of hydrogen-bond donors (Lipinski definition) is 2. The lowest BCUT2D eigenvalue weighted by Gasteiger charge is -2.16. The summed E-state index contributed by atoms with van der Waals surface area (Å²) >= 11 is 9.21. The maximum atomic E-state index is 13.9. The van der Waals surface area contributed by atoms with Crippen LogP contribution in [0.4, 0.5) is 10.1 Å². The molecule has 3 rings (SSSR count). The molecule has 0 heterocycles. The van der Waals surface area contributed by atoms with Crippen molar-refractivity contribution >= 4 is 44.2 Å². The second-order valence-electron chi connectivity index (χ2n) is 5.82. The van der Waals surface area contributed by atoms with E-state index in [1.807, 2.05) is 0 Å². The molecule has 0 aromatic heterocycles. The highest BCUT2D eigenvalue weighted by molar-refractivity contribution is 9.10. The third kappa shape index (κ3) is 5.32. The van der Waals surface area contributed by atoms with Gasteiger partial charge in [-0.1, -0.05) is 51.8 Å². The Balaban J connectivity index is 1.74. The van der Waals surface area contributed by atoms with Crippen LogP contribution in [0, 0.1) is 5.82 Å². The van der Waals surface area contributed by atoms with Crippen molar-refractivity contribution in [3.63, 3.8) is 0 Å². The van der Waals surface area contributed by atoms with Crippen LogP contribution >= 0.6 is 27.5 Å². The van der Waals surface area contributed by atoms with E-state index in [2.05, 4.69) is 20.7 Å². The molecule has 2 N–H and O–H groups in total. The molecule has 146 valence electrons. The number of nitrogens with one attached hydrogen (secondary N) is 1. The van der Waals surface area contributed by atoms with Crippen LogP contribution in [0.15, 0.2) is 76.1 Å². The Hall–Kier alpha value is -1.93. The van der Waals surface area contributed by atoms with Gasteiger partial charge in [-0.3, -0.25) is 4.72 Å². The van der Waals surface area contributed by atoms with Gasteiger partial charge in [0.2, 0.25) is 0 Å². The number of benzene rings is 3. The van der Waals surface area contributed by atoms with E-state index >= 15 is 0 Å². The Labute approximate surface area is 178 Å². The van der Waals surface area contributed by atoms with Crippen molar-refractivity contribution in [2.45, 2.75) is 11.0 Å². The minimum Gasteiger partial charge on any atom is -0.488 e. The van der Waals surface area contributed by atoms with Crippen molar-refractivity contribution in [3.8, 4) is 5.75 Å². The maximum Gasteiger partial charge on any atom is 0.153 e. The second kappa shape index (κ2) is 9.52. The van der Waals surface area contributed by atoms with Crippen LogP contribution in [-0.4, -0.2) is 15.9 Å². The van der Waals surface area contributed by atoms with Crippen molar-refractivity contribution in [2.24, 2.45) is 0 Å².